The SMILES string of the molecule is CC(=O)ONc1nc2nnn(COC(O)CCO)c2c(=O)[nH]1. The number of aliphatic hydroxyl groups excluding tert-OH is 2. The van der Waals surface area contributed by atoms with Crippen LogP contribution in [0.1, 0.15) is 13.3 Å². The smallest absolute Gasteiger partial charge is 0.329 e. The van der Waals surface area contributed by atoms with Crippen LogP contribution in [0.2, 0.25) is 0 Å². The molecule has 2 aromatic heterocycles. The zero-order valence-electron chi connectivity index (χ0n) is 11.5. The van der Waals surface area contributed by atoms with Crippen LogP contribution < -0.4 is 11.0 Å². The van der Waals surface area contributed by atoms with Crippen molar-refractivity contribution in [2.75, 3.05) is 12.1 Å². The summed E-state index contributed by atoms with van der Waals surface area (Å²) < 4.78 is 6.08. The molecule has 22 heavy (non-hydrogen) atoms. The van der Waals surface area contributed by atoms with Gasteiger partial charge in [-0.15, -0.1) is 5.10 Å². The molecule has 0 saturated heterocycles. The van der Waals surface area contributed by atoms with Crippen molar-refractivity contribution in [3.63, 3.8) is 0 Å². The van der Waals surface area contributed by atoms with E-state index in [0.717, 1.165) is 4.68 Å². The van der Waals surface area contributed by atoms with Crippen LogP contribution in [0.5, 0.6) is 0 Å². The fourth-order valence-corrected chi connectivity index (χ4v) is 1.51. The van der Waals surface area contributed by atoms with Crippen molar-refractivity contribution >= 4 is 23.1 Å². The van der Waals surface area contributed by atoms with E-state index in [1.807, 2.05) is 0 Å². The van der Waals surface area contributed by atoms with E-state index in [1.165, 1.54) is 6.92 Å². The van der Waals surface area contributed by atoms with Gasteiger partial charge in [-0.25, -0.2) is 4.68 Å². The maximum absolute atomic E-state index is 12.0. The highest BCUT2D eigenvalue weighted by atomic mass is 16.7. The normalized spacial score (nSPS) is 12.3. The van der Waals surface area contributed by atoms with Gasteiger partial charge in [-0.1, -0.05) is 5.21 Å². The van der Waals surface area contributed by atoms with E-state index in [0.29, 0.717) is 0 Å². The van der Waals surface area contributed by atoms with Crippen LogP contribution in [0.15, 0.2) is 4.79 Å². The van der Waals surface area contributed by atoms with Gasteiger partial charge in [-0.3, -0.25) is 14.6 Å². The molecule has 2 rings (SSSR count). The van der Waals surface area contributed by atoms with Gasteiger partial charge in [0.2, 0.25) is 11.6 Å². The Morgan fingerprint density at radius 3 is 3.00 bits per heavy atom. The summed E-state index contributed by atoms with van der Waals surface area (Å²) in [6.45, 7) is 0.681. The second kappa shape index (κ2) is 6.93. The highest BCUT2D eigenvalue weighted by Crippen LogP contribution is 2.06. The van der Waals surface area contributed by atoms with Crippen molar-refractivity contribution < 1.29 is 24.6 Å². The first kappa shape index (κ1) is 15.8. The minimum atomic E-state index is -1.19. The Morgan fingerprint density at radius 1 is 1.55 bits per heavy atom. The monoisotopic (exact) mass is 314 g/mol. The van der Waals surface area contributed by atoms with Crippen LogP contribution in [-0.2, 0) is 21.1 Å². The average Bonchev–Trinajstić information content (AvgIpc) is 2.87. The molecule has 0 aliphatic carbocycles. The molecule has 2 heterocycles. The van der Waals surface area contributed by atoms with Crippen molar-refractivity contribution in [1.29, 1.82) is 0 Å². The first-order valence-electron chi connectivity index (χ1n) is 6.18. The number of ether oxygens (including phenoxy) is 1. The molecular weight excluding hydrogens is 300 g/mol. The number of aromatic nitrogens is 5. The van der Waals surface area contributed by atoms with E-state index in [1.54, 1.807) is 0 Å². The molecule has 0 radical (unpaired) electrons. The van der Waals surface area contributed by atoms with Gasteiger partial charge in [0.1, 0.15) is 6.73 Å². The van der Waals surface area contributed by atoms with Crippen LogP contribution >= 0.6 is 0 Å². The molecule has 2 aromatic rings. The molecule has 0 aliphatic heterocycles. The lowest BCUT2D eigenvalue weighted by atomic mass is 10.4. The van der Waals surface area contributed by atoms with Gasteiger partial charge in [0.25, 0.3) is 5.56 Å². The van der Waals surface area contributed by atoms with Crippen LogP contribution in [0, 0.1) is 0 Å². The number of carbonyl (C=O) groups is 1. The predicted octanol–water partition coefficient (Wildman–Crippen LogP) is -1.92. The third-order valence-corrected chi connectivity index (χ3v) is 2.44. The molecule has 1 atom stereocenters. The molecule has 0 bridgehead atoms. The zero-order chi connectivity index (χ0) is 16.1. The molecule has 0 saturated carbocycles. The summed E-state index contributed by atoms with van der Waals surface area (Å²) in [6, 6.07) is 0. The molecule has 12 nitrogen and oxygen atoms in total. The van der Waals surface area contributed by atoms with Crippen molar-refractivity contribution in [2.24, 2.45) is 0 Å². The van der Waals surface area contributed by atoms with Gasteiger partial charge in [-0.2, -0.15) is 10.5 Å². The van der Waals surface area contributed by atoms with Crippen molar-refractivity contribution in [2.45, 2.75) is 26.4 Å². The Morgan fingerprint density at radius 2 is 2.32 bits per heavy atom. The molecule has 120 valence electrons. The van der Waals surface area contributed by atoms with Crippen LogP contribution in [0.25, 0.3) is 11.2 Å². The Labute approximate surface area is 122 Å². The lowest BCUT2D eigenvalue weighted by molar-refractivity contribution is -0.138. The third-order valence-electron chi connectivity index (χ3n) is 2.44. The average molecular weight is 314 g/mol. The summed E-state index contributed by atoms with van der Waals surface area (Å²) in [5, 5.41) is 25.4. The van der Waals surface area contributed by atoms with Crippen molar-refractivity contribution in [1.82, 2.24) is 25.0 Å². The summed E-state index contributed by atoms with van der Waals surface area (Å²) in [5.74, 6) is -0.723. The molecule has 0 aromatic carbocycles. The van der Waals surface area contributed by atoms with Crippen LogP contribution in [0.4, 0.5) is 5.95 Å². The Bertz CT molecular complexity index is 711. The van der Waals surface area contributed by atoms with E-state index in [4.69, 9.17) is 9.84 Å². The predicted molar refractivity (Wildman–Crippen MR) is 70.1 cm³/mol. The topological polar surface area (TPSA) is 164 Å². The summed E-state index contributed by atoms with van der Waals surface area (Å²) in [6.07, 6.45) is -1.17. The number of hydrogen-bond acceptors (Lipinski definition) is 10. The van der Waals surface area contributed by atoms with Gasteiger partial charge in [-0.05, 0) is 0 Å². The first-order valence-corrected chi connectivity index (χ1v) is 6.18. The highest BCUT2D eigenvalue weighted by molar-refractivity contribution is 5.70. The third kappa shape index (κ3) is 3.75. The largest absolute Gasteiger partial charge is 0.396 e. The van der Waals surface area contributed by atoms with E-state index in [9.17, 15) is 14.7 Å². The van der Waals surface area contributed by atoms with Gasteiger partial charge in [0.15, 0.2) is 11.8 Å². The number of nitrogens with zero attached hydrogens (tertiary/aromatic N) is 4. The van der Waals surface area contributed by atoms with Gasteiger partial charge in [0.05, 0.1) is 0 Å². The van der Waals surface area contributed by atoms with Crippen molar-refractivity contribution in [3.05, 3.63) is 10.4 Å². The Balaban J connectivity index is 2.17. The maximum atomic E-state index is 12.0. The number of aromatic amines is 1. The van der Waals surface area contributed by atoms with Crippen molar-refractivity contribution in [3.8, 4) is 0 Å². The zero-order valence-corrected chi connectivity index (χ0v) is 11.5. The maximum Gasteiger partial charge on any atom is 0.329 e. The quantitative estimate of drug-likeness (QED) is 0.334. The fourth-order valence-electron chi connectivity index (χ4n) is 1.51. The van der Waals surface area contributed by atoms with Gasteiger partial charge < -0.3 is 19.8 Å². The lowest BCUT2D eigenvalue weighted by Crippen LogP contribution is -2.20. The molecule has 0 fully saturated rings. The van der Waals surface area contributed by atoms with E-state index in [-0.39, 0.29) is 36.9 Å². The summed E-state index contributed by atoms with van der Waals surface area (Å²) in [7, 11) is 0. The first-order chi connectivity index (χ1) is 10.5. The molecule has 0 spiro atoms. The summed E-state index contributed by atoms with van der Waals surface area (Å²) in [5.41, 5.74) is 1.59. The molecule has 0 aliphatic rings. The number of carbonyl (C=O) groups excluding carboxylic acids is 1. The minimum Gasteiger partial charge on any atom is -0.396 e. The molecule has 4 N–H and O–H groups in total. The number of H-pyrrole nitrogens is 1. The van der Waals surface area contributed by atoms with Crippen LogP contribution in [0.3, 0.4) is 0 Å². The molecule has 0 amide bonds. The van der Waals surface area contributed by atoms with Gasteiger partial charge in [0, 0.05) is 20.0 Å². The minimum absolute atomic E-state index is 0.00125. The number of aliphatic hydroxyl groups is 2. The number of hydrogen-bond donors (Lipinski definition) is 4. The number of fused-ring (bicyclic) bond motifs is 1. The Kier molecular flexibility index (Phi) is 4.98. The summed E-state index contributed by atoms with van der Waals surface area (Å²) in [4.78, 5) is 33.4. The van der Waals surface area contributed by atoms with E-state index >= 15 is 0 Å². The molecule has 12 heteroatoms. The second-order valence-electron chi connectivity index (χ2n) is 4.13. The summed E-state index contributed by atoms with van der Waals surface area (Å²) >= 11 is 0. The Hall–Kier alpha value is -2.57. The number of rotatable bonds is 7. The number of nitrogens with one attached hydrogen (secondary N) is 2. The standard InChI is InChI=1S/C10H14N6O6/c1-5(18)22-14-10-11-8-7(9(20)12-10)16(15-13-8)4-21-6(19)2-3-17/h6,17,19H,2-4H2,1H3,(H2,11,12,14,20). The highest BCUT2D eigenvalue weighted by Gasteiger charge is 2.14. The second-order valence-corrected chi connectivity index (χ2v) is 4.13. The van der Waals surface area contributed by atoms with Crippen LogP contribution in [-0.4, -0.2) is 54.0 Å². The molecular formula is C10H14N6O6. The lowest BCUT2D eigenvalue weighted by Gasteiger charge is -2.10. The van der Waals surface area contributed by atoms with Gasteiger partial charge >= 0.3 is 5.97 Å². The fraction of sp³-hybridized carbons (Fsp3) is 0.500. The molecule has 1 unspecified atom stereocenters. The van der Waals surface area contributed by atoms with E-state index < -0.39 is 17.8 Å². The van der Waals surface area contributed by atoms with E-state index in [2.05, 4.69) is 30.6 Å². The number of anilines is 1.